The van der Waals surface area contributed by atoms with E-state index < -0.39 is 18.8 Å². The Labute approximate surface area is 136 Å². The van der Waals surface area contributed by atoms with E-state index in [-0.39, 0.29) is 0 Å². The Bertz CT molecular complexity index is 452. The third kappa shape index (κ3) is 4.64. The smallest absolute Gasteiger partial charge is 0.501 e. The van der Waals surface area contributed by atoms with Gasteiger partial charge in [-0.1, -0.05) is 6.07 Å². The fourth-order valence-electron chi connectivity index (χ4n) is 2.60. The van der Waals surface area contributed by atoms with Crippen LogP contribution in [0.25, 0.3) is 0 Å². The SMILES string of the molecule is CCO[Si](CCc1ccc2c(c1)CO[SiH2]O2)(OCC)OCC. The van der Waals surface area contributed by atoms with Crippen LogP contribution >= 0.6 is 0 Å². The van der Waals surface area contributed by atoms with Crippen molar-refractivity contribution in [1.82, 2.24) is 0 Å². The zero-order chi connectivity index (χ0) is 15.8. The molecule has 1 aliphatic rings. The highest BCUT2D eigenvalue weighted by Crippen LogP contribution is 2.26. The van der Waals surface area contributed by atoms with Gasteiger partial charge < -0.3 is 22.1 Å². The van der Waals surface area contributed by atoms with Gasteiger partial charge >= 0.3 is 18.8 Å². The Morgan fingerprint density at radius 2 is 1.77 bits per heavy atom. The van der Waals surface area contributed by atoms with Crippen molar-refractivity contribution in [3.63, 3.8) is 0 Å². The first kappa shape index (κ1) is 17.6. The van der Waals surface area contributed by atoms with Crippen molar-refractivity contribution >= 4 is 18.8 Å². The molecule has 0 spiro atoms. The molecule has 1 heterocycles. The van der Waals surface area contributed by atoms with Crippen LogP contribution in [0, 0.1) is 0 Å². The molecule has 0 unspecified atom stereocenters. The van der Waals surface area contributed by atoms with E-state index in [1.807, 2.05) is 26.8 Å². The van der Waals surface area contributed by atoms with Crippen molar-refractivity contribution in [2.24, 2.45) is 0 Å². The van der Waals surface area contributed by atoms with Gasteiger partial charge in [-0.25, -0.2) is 0 Å². The summed E-state index contributed by atoms with van der Waals surface area (Å²) in [6.07, 6.45) is 0.872. The van der Waals surface area contributed by atoms with Gasteiger partial charge in [0.1, 0.15) is 5.75 Å². The number of hydrogen-bond acceptors (Lipinski definition) is 5. The quantitative estimate of drug-likeness (QED) is 0.644. The molecule has 0 N–H and O–H groups in total. The molecule has 0 bridgehead atoms. The molecule has 0 aliphatic carbocycles. The van der Waals surface area contributed by atoms with Gasteiger partial charge in [0.05, 0.1) is 6.61 Å². The Balaban J connectivity index is 2.04. The lowest BCUT2D eigenvalue weighted by Crippen LogP contribution is -2.46. The average Bonchev–Trinajstić information content (AvgIpc) is 2.53. The molecule has 0 radical (unpaired) electrons. The van der Waals surface area contributed by atoms with E-state index in [1.165, 1.54) is 5.56 Å². The summed E-state index contributed by atoms with van der Waals surface area (Å²) in [7, 11) is -3.39. The molecule has 0 fully saturated rings. The summed E-state index contributed by atoms with van der Waals surface area (Å²) < 4.78 is 28.7. The summed E-state index contributed by atoms with van der Waals surface area (Å²) in [5.41, 5.74) is 2.37. The third-order valence-electron chi connectivity index (χ3n) is 3.49. The normalized spacial score (nSPS) is 15.6. The number of hydrogen-bond donors (Lipinski definition) is 0. The Kier molecular flexibility index (Phi) is 7.06. The van der Waals surface area contributed by atoms with Crippen molar-refractivity contribution in [3.8, 4) is 5.75 Å². The van der Waals surface area contributed by atoms with Gasteiger partial charge in [0.2, 0.25) is 0 Å². The molecule has 2 rings (SSSR count). The number of benzene rings is 1. The molecule has 0 saturated heterocycles. The van der Waals surface area contributed by atoms with Crippen LogP contribution in [0.15, 0.2) is 18.2 Å². The molecule has 124 valence electrons. The second kappa shape index (κ2) is 8.80. The summed E-state index contributed by atoms with van der Waals surface area (Å²) >= 11 is 0. The van der Waals surface area contributed by atoms with Crippen LogP contribution in [0.1, 0.15) is 31.9 Å². The maximum Gasteiger partial charge on any atom is 0.501 e. The Morgan fingerprint density at radius 1 is 1.09 bits per heavy atom. The van der Waals surface area contributed by atoms with E-state index in [2.05, 4.69) is 12.1 Å². The topological polar surface area (TPSA) is 46.2 Å². The summed E-state index contributed by atoms with van der Waals surface area (Å²) in [5.74, 6) is 0.976. The molecule has 0 aromatic heterocycles. The van der Waals surface area contributed by atoms with Crippen LogP contribution in [0.3, 0.4) is 0 Å². The summed E-state index contributed by atoms with van der Waals surface area (Å²) in [6, 6.07) is 7.11. The van der Waals surface area contributed by atoms with E-state index in [0.29, 0.717) is 26.4 Å². The van der Waals surface area contributed by atoms with Gasteiger partial charge in [-0.05, 0) is 44.9 Å². The highest BCUT2D eigenvalue weighted by atomic mass is 28.4. The van der Waals surface area contributed by atoms with Crippen LogP contribution in [0.2, 0.25) is 6.04 Å². The molecule has 1 aromatic rings. The van der Waals surface area contributed by atoms with Crippen LogP contribution in [0.4, 0.5) is 0 Å². The van der Waals surface area contributed by atoms with E-state index in [0.717, 1.165) is 23.8 Å². The van der Waals surface area contributed by atoms with Crippen LogP contribution < -0.4 is 4.43 Å². The van der Waals surface area contributed by atoms with E-state index in [4.69, 9.17) is 22.1 Å². The Hall–Kier alpha value is -0.706. The van der Waals surface area contributed by atoms with Crippen molar-refractivity contribution in [2.45, 2.75) is 39.8 Å². The summed E-state index contributed by atoms with van der Waals surface area (Å²) in [4.78, 5) is 0. The van der Waals surface area contributed by atoms with Gasteiger partial charge in [-0.3, -0.25) is 0 Å². The van der Waals surface area contributed by atoms with Crippen molar-refractivity contribution in [1.29, 1.82) is 0 Å². The minimum absolute atomic E-state index is 0.614. The first-order chi connectivity index (χ1) is 10.7. The van der Waals surface area contributed by atoms with Gasteiger partial charge in [0, 0.05) is 31.4 Å². The second-order valence-corrected chi connectivity index (χ2v) is 8.70. The van der Waals surface area contributed by atoms with Gasteiger partial charge in [-0.15, -0.1) is 0 Å². The largest absolute Gasteiger partial charge is 0.524 e. The average molecular weight is 343 g/mol. The standard InChI is InChI=1S/C15H26O5Si2/c1-4-17-22(18-5-2,19-6-3)10-9-13-7-8-15-14(11-13)12-16-21-20-15/h7-8,11H,4-6,9-10,12,21H2,1-3H3. The minimum atomic E-state index is -2.57. The molecule has 5 nitrogen and oxygen atoms in total. The van der Waals surface area contributed by atoms with Crippen LogP contribution in [-0.4, -0.2) is 38.6 Å². The number of fused-ring (bicyclic) bond motifs is 1. The van der Waals surface area contributed by atoms with Crippen LogP contribution in [0.5, 0.6) is 5.75 Å². The molecular weight excluding hydrogens is 316 g/mol. The van der Waals surface area contributed by atoms with Crippen LogP contribution in [-0.2, 0) is 30.7 Å². The lowest BCUT2D eigenvalue weighted by atomic mass is 10.1. The van der Waals surface area contributed by atoms with Gasteiger partial charge in [-0.2, -0.15) is 0 Å². The molecule has 22 heavy (non-hydrogen) atoms. The lowest BCUT2D eigenvalue weighted by Gasteiger charge is -2.28. The molecule has 0 amide bonds. The van der Waals surface area contributed by atoms with Gasteiger partial charge in [0.25, 0.3) is 0 Å². The molecule has 1 aromatic carbocycles. The number of aryl methyl sites for hydroxylation is 1. The van der Waals surface area contributed by atoms with Crippen molar-refractivity contribution in [2.75, 3.05) is 19.8 Å². The van der Waals surface area contributed by atoms with Crippen molar-refractivity contribution < 1.29 is 22.1 Å². The lowest BCUT2D eigenvalue weighted by molar-refractivity contribution is 0.0714. The van der Waals surface area contributed by atoms with E-state index in [9.17, 15) is 0 Å². The predicted octanol–water partition coefficient (Wildman–Crippen LogP) is 2.19. The zero-order valence-electron chi connectivity index (χ0n) is 13.7. The minimum Gasteiger partial charge on any atom is -0.524 e. The van der Waals surface area contributed by atoms with E-state index in [1.54, 1.807) is 0 Å². The fourth-order valence-corrected chi connectivity index (χ4v) is 5.99. The maximum atomic E-state index is 5.90. The molecule has 0 saturated carbocycles. The first-order valence-electron chi connectivity index (χ1n) is 7.97. The molecular formula is C15H26O5Si2. The summed E-state index contributed by atoms with van der Waals surface area (Å²) in [5, 5.41) is 0. The third-order valence-corrected chi connectivity index (χ3v) is 7.34. The van der Waals surface area contributed by atoms with E-state index >= 15 is 0 Å². The summed E-state index contributed by atoms with van der Waals surface area (Å²) in [6.45, 7) is 8.46. The highest BCUT2D eigenvalue weighted by molar-refractivity contribution is 6.60. The second-order valence-electron chi connectivity index (χ2n) is 5.03. The fraction of sp³-hybridized carbons (Fsp3) is 0.600. The highest BCUT2D eigenvalue weighted by Gasteiger charge is 2.39. The van der Waals surface area contributed by atoms with Crippen molar-refractivity contribution in [3.05, 3.63) is 29.3 Å². The first-order valence-corrected chi connectivity index (χ1v) is 11.1. The predicted molar refractivity (Wildman–Crippen MR) is 89.5 cm³/mol. The van der Waals surface area contributed by atoms with Gasteiger partial charge in [0.15, 0.2) is 0 Å². The maximum absolute atomic E-state index is 5.90. The molecule has 7 heteroatoms. The molecule has 0 atom stereocenters. The number of rotatable bonds is 9. The zero-order valence-corrected chi connectivity index (χ0v) is 16.1. The monoisotopic (exact) mass is 342 g/mol. The Morgan fingerprint density at radius 3 is 2.41 bits per heavy atom. The molecule has 1 aliphatic heterocycles.